The van der Waals surface area contributed by atoms with Crippen LogP contribution in [0.3, 0.4) is 0 Å². The summed E-state index contributed by atoms with van der Waals surface area (Å²) in [6, 6.07) is 12.5. The topological polar surface area (TPSA) is 21.3 Å². The Morgan fingerprint density at radius 2 is 2.11 bits per heavy atom. The van der Waals surface area contributed by atoms with E-state index in [0.29, 0.717) is 0 Å². The molecule has 1 heterocycles. The molecule has 19 heavy (non-hydrogen) atoms. The fourth-order valence-corrected chi connectivity index (χ4v) is 3.19. The summed E-state index contributed by atoms with van der Waals surface area (Å²) in [5, 5.41) is 3.45. The third-order valence-electron chi connectivity index (χ3n) is 2.63. The minimum absolute atomic E-state index is 0.778. The predicted octanol–water partition coefficient (Wildman–Crippen LogP) is 4.59. The van der Waals surface area contributed by atoms with Crippen molar-refractivity contribution in [3.8, 4) is 5.75 Å². The smallest absolute Gasteiger partial charge is 0.119 e. The van der Waals surface area contributed by atoms with Crippen LogP contribution in [0.15, 0.2) is 40.2 Å². The summed E-state index contributed by atoms with van der Waals surface area (Å²) in [5.41, 5.74) is 1.25. The minimum atomic E-state index is 0.778. The first kappa shape index (κ1) is 14.6. The van der Waals surface area contributed by atoms with Crippen LogP contribution < -0.4 is 10.1 Å². The highest BCUT2D eigenvalue weighted by Gasteiger charge is 1.99. The summed E-state index contributed by atoms with van der Waals surface area (Å²) in [6.07, 6.45) is 1.04. The van der Waals surface area contributed by atoms with Crippen molar-refractivity contribution in [3.63, 3.8) is 0 Å². The van der Waals surface area contributed by atoms with Gasteiger partial charge in [-0.3, -0.25) is 0 Å². The van der Waals surface area contributed by atoms with Crippen molar-refractivity contribution >= 4 is 27.3 Å². The van der Waals surface area contributed by atoms with Gasteiger partial charge in [0.25, 0.3) is 0 Å². The van der Waals surface area contributed by atoms with Crippen LogP contribution >= 0.6 is 27.3 Å². The first-order chi connectivity index (χ1) is 9.28. The quantitative estimate of drug-likeness (QED) is 0.796. The van der Waals surface area contributed by atoms with Crippen molar-refractivity contribution in [2.75, 3.05) is 6.61 Å². The Balaban J connectivity index is 1.82. The molecule has 0 spiro atoms. The summed E-state index contributed by atoms with van der Waals surface area (Å²) in [6.45, 7) is 4.65. The largest absolute Gasteiger partial charge is 0.494 e. The number of benzene rings is 1. The highest BCUT2D eigenvalue weighted by molar-refractivity contribution is 9.11. The maximum absolute atomic E-state index is 5.63. The summed E-state index contributed by atoms with van der Waals surface area (Å²) in [7, 11) is 0. The molecule has 0 aliphatic carbocycles. The van der Waals surface area contributed by atoms with Crippen molar-refractivity contribution in [3.05, 3.63) is 50.6 Å². The van der Waals surface area contributed by atoms with Crippen LogP contribution in [0.1, 0.15) is 23.8 Å². The molecule has 1 aromatic heterocycles. The second kappa shape index (κ2) is 7.68. The zero-order chi connectivity index (χ0) is 13.5. The van der Waals surface area contributed by atoms with Crippen LogP contribution in [0.25, 0.3) is 0 Å². The normalized spacial score (nSPS) is 10.6. The van der Waals surface area contributed by atoms with Gasteiger partial charge < -0.3 is 10.1 Å². The summed E-state index contributed by atoms with van der Waals surface area (Å²) < 4.78 is 6.81. The molecule has 4 heteroatoms. The lowest BCUT2D eigenvalue weighted by atomic mass is 10.2. The molecule has 0 bridgehead atoms. The predicted molar refractivity (Wildman–Crippen MR) is 84.8 cm³/mol. The second-order valence-electron chi connectivity index (χ2n) is 4.31. The minimum Gasteiger partial charge on any atom is -0.494 e. The zero-order valence-corrected chi connectivity index (χ0v) is 13.4. The van der Waals surface area contributed by atoms with Crippen LogP contribution in [0, 0.1) is 0 Å². The van der Waals surface area contributed by atoms with Crippen molar-refractivity contribution in [1.29, 1.82) is 0 Å². The van der Waals surface area contributed by atoms with Gasteiger partial charge in [0.1, 0.15) is 5.75 Å². The monoisotopic (exact) mass is 339 g/mol. The van der Waals surface area contributed by atoms with Gasteiger partial charge in [-0.1, -0.05) is 19.1 Å². The van der Waals surface area contributed by atoms with Crippen LogP contribution in [0.4, 0.5) is 0 Å². The van der Waals surface area contributed by atoms with E-state index in [9.17, 15) is 0 Å². The zero-order valence-electron chi connectivity index (χ0n) is 11.0. The maximum Gasteiger partial charge on any atom is 0.119 e. The number of thiophene rings is 1. The number of nitrogens with one attached hydrogen (secondary N) is 1. The molecule has 2 aromatic rings. The first-order valence-corrected chi connectivity index (χ1v) is 8.05. The Bertz CT molecular complexity index is 512. The van der Waals surface area contributed by atoms with Crippen LogP contribution in [0.2, 0.25) is 0 Å². The molecule has 0 aliphatic heterocycles. The Labute approximate surface area is 126 Å². The summed E-state index contributed by atoms with van der Waals surface area (Å²) in [5.74, 6) is 0.958. The first-order valence-electron chi connectivity index (χ1n) is 6.44. The molecular formula is C15H18BrNOS. The average Bonchev–Trinajstić information content (AvgIpc) is 2.83. The molecular weight excluding hydrogens is 322 g/mol. The van der Waals surface area contributed by atoms with E-state index in [1.54, 1.807) is 11.3 Å². The Morgan fingerprint density at radius 1 is 1.21 bits per heavy atom. The van der Waals surface area contributed by atoms with Gasteiger partial charge in [0.2, 0.25) is 0 Å². The molecule has 102 valence electrons. The molecule has 0 amide bonds. The van der Waals surface area contributed by atoms with E-state index in [1.165, 1.54) is 14.2 Å². The Kier molecular flexibility index (Phi) is 5.89. The number of rotatable bonds is 7. The molecule has 1 aromatic carbocycles. The Hall–Kier alpha value is -0.840. The van der Waals surface area contributed by atoms with Gasteiger partial charge in [-0.2, -0.15) is 0 Å². The van der Waals surface area contributed by atoms with Crippen LogP contribution in [-0.2, 0) is 13.1 Å². The third-order valence-corrected chi connectivity index (χ3v) is 4.25. The number of ether oxygens (including phenoxy) is 1. The van der Waals surface area contributed by atoms with E-state index < -0.39 is 0 Å². The second-order valence-corrected chi connectivity index (χ2v) is 6.85. The molecule has 0 radical (unpaired) electrons. The van der Waals surface area contributed by atoms with E-state index in [1.807, 2.05) is 12.1 Å². The molecule has 0 saturated heterocycles. The van der Waals surface area contributed by atoms with E-state index >= 15 is 0 Å². The van der Waals surface area contributed by atoms with Crippen LogP contribution in [-0.4, -0.2) is 6.61 Å². The molecule has 2 nitrogen and oxygen atoms in total. The molecule has 2 rings (SSSR count). The van der Waals surface area contributed by atoms with Gasteiger partial charge in [0.15, 0.2) is 0 Å². The fourth-order valence-electron chi connectivity index (χ4n) is 1.74. The van der Waals surface area contributed by atoms with Crippen molar-refractivity contribution in [2.24, 2.45) is 0 Å². The average molecular weight is 340 g/mol. The molecule has 1 N–H and O–H groups in total. The van der Waals surface area contributed by atoms with Crippen molar-refractivity contribution < 1.29 is 4.74 Å². The van der Waals surface area contributed by atoms with Gasteiger partial charge in [0, 0.05) is 18.0 Å². The lowest BCUT2D eigenvalue weighted by Crippen LogP contribution is -2.11. The maximum atomic E-state index is 5.63. The standard InChI is InChI=1S/C15H18BrNOS/c1-2-8-18-13-5-3-4-12(9-13)10-17-11-14-6-7-15(16)19-14/h3-7,9,17H,2,8,10-11H2,1H3. The molecule has 0 aliphatic rings. The van der Waals surface area contributed by atoms with E-state index in [2.05, 4.69) is 52.4 Å². The third kappa shape index (κ3) is 4.97. The summed E-state index contributed by atoms with van der Waals surface area (Å²) >= 11 is 5.24. The van der Waals surface area contributed by atoms with Crippen molar-refractivity contribution in [2.45, 2.75) is 26.4 Å². The highest BCUT2D eigenvalue weighted by Crippen LogP contribution is 2.22. The number of hydrogen-bond acceptors (Lipinski definition) is 3. The van der Waals surface area contributed by atoms with Gasteiger partial charge >= 0.3 is 0 Å². The molecule has 0 unspecified atom stereocenters. The lowest BCUT2D eigenvalue weighted by Gasteiger charge is -2.07. The molecule has 0 fully saturated rings. The SMILES string of the molecule is CCCOc1cccc(CNCc2ccc(Br)s2)c1. The van der Waals surface area contributed by atoms with Crippen molar-refractivity contribution in [1.82, 2.24) is 5.32 Å². The number of hydrogen-bond donors (Lipinski definition) is 1. The van der Waals surface area contributed by atoms with Gasteiger partial charge in [-0.25, -0.2) is 0 Å². The fraction of sp³-hybridized carbons (Fsp3) is 0.333. The van der Waals surface area contributed by atoms with Gasteiger partial charge in [-0.15, -0.1) is 11.3 Å². The lowest BCUT2D eigenvalue weighted by molar-refractivity contribution is 0.317. The van der Waals surface area contributed by atoms with Gasteiger partial charge in [0.05, 0.1) is 10.4 Å². The van der Waals surface area contributed by atoms with E-state index in [-0.39, 0.29) is 0 Å². The van der Waals surface area contributed by atoms with E-state index in [0.717, 1.165) is 31.9 Å². The van der Waals surface area contributed by atoms with Gasteiger partial charge in [-0.05, 0) is 52.2 Å². The Morgan fingerprint density at radius 3 is 2.84 bits per heavy atom. The molecule has 0 saturated carbocycles. The number of halogens is 1. The van der Waals surface area contributed by atoms with E-state index in [4.69, 9.17) is 4.74 Å². The molecule has 0 atom stereocenters. The summed E-state index contributed by atoms with van der Waals surface area (Å²) in [4.78, 5) is 1.34. The van der Waals surface area contributed by atoms with Crippen LogP contribution in [0.5, 0.6) is 5.75 Å². The highest BCUT2D eigenvalue weighted by atomic mass is 79.9.